The minimum atomic E-state index is -0.381. The summed E-state index contributed by atoms with van der Waals surface area (Å²) in [6.45, 7) is 2.21. The number of nitrogens with one attached hydrogen (secondary N) is 1. The van der Waals surface area contributed by atoms with Crippen LogP contribution in [0.1, 0.15) is 11.3 Å². The standard InChI is InChI=1S/C13H11Br2N3O2/c1-8-11(3-2-4-13(8)18(19)20)17-7-12-10(15)5-9(14)6-16-12/h2-6,17H,7H2,1H3. The maximum absolute atomic E-state index is 10.9. The molecule has 0 atom stereocenters. The van der Waals surface area contributed by atoms with Gasteiger partial charge in [-0.15, -0.1) is 0 Å². The van der Waals surface area contributed by atoms with E-state index in [0.717, 1.165) is 20.3 Å². The van der Waals surface area contributed by atoms with E-state index < -0.39 is 0 Å². The third-order valence-electron chi connectivity index (χ3n) is 2.83. The van der Waals surface area contributed by atoms with E-state index in [4.69, 9.17) is 0 Å². The Morgan fingerprint density at radius 1 is 1.40 bits per heavy atom. The van der Waals surface area contributed by atoms with Gasteiger partial charge in [0.1, 0.15) is 0 Å². The molecule has 2 aromatic rings. The molecule has 1 N–H and O–H groups in total. The van der Waals surface area contributed by atoms with E-state index in [1.54, 1.807) is 19.2 Å². The van der Waals surface area contributed by atoms with Crippen LogP contribution in [0, 0.1) is 17.0 Å². The molecular weight excluding hydrogens is 390 g/mol. The number of hydrogen-bond acceptors (Lipinski definition) is 4. The van der Waals surface area contributed by atoms with Gasteiger partial charge >= 0.3 is 0 Å². The van der Waals surface area contributed by atoms with Gasteiger partial charge in [-0.1, -0.05) is 6.07 Å². The number of anilines is 1. The number of pyridine rings is 1. The zero-order valence-electron chi connectivity index (χ0n) is 10.6. The van der Waals surface area contributed by atoms with Crippen molar-refractivity contribution in [1.82, 2.24) is 4.98 Å². The van der Waals surface area contributed by atoms with Gasteiger partial charge in [-0.2, -0.15) is 0 Å². The lowest BCUT2D eigenvalue weighted by atomic mass is 10.1. The Morgan fingerprint density at radius 3 is 2.80 bits per heavy atom. The molecule has 0 aliphatic rings. The number of benzene rings is 1. The first-order valence-corrected chi connectivity index (χ1v) is 7.35. The van der Waals surface area contributed by atoms with Gasteiger partial charge in [-0.05, 0) is 50.9 Å². The van der Waals surface area contributed by atoms with E-state index in [-0.39, 0.29) is 10.6 Å². The molecule has 0 aliphatic carbocycles. The average molecular weight is 401 g/mol. The number of hydrogen-bond donors (Lipinski definition) is 1. The van der Waals surface area contributed by atoms with Crippen LogP contribution in [0.3, 0.4) is 0 Å². The summed E-state index contributed by atoms with van der Waals surface area (Å²) in [7, 11) is 0. The van der Waals surface area contributed by atoms with Crippen molar-refractivity contribution in [3.05, 3.63) is 60.8 Å². The monoisotopic (exact) mass is 399 g/mol. The van der Waals surface area contributed by atoms with Crippen LogP contribution in [0.5, 0.6) is 0 Å². The van der Waals surface area contributed by atoms with Crippen molar-refractivity contribution >= 4 is 43.2 Å². The number of nitro benzene ring substituents is 1. The molecular formula is C13H11Br2N3O2. The Hall–Kier alpha value is -1.47. The molecule has 0 radical (unpaired) electrons. The van der Waals surface area contributed by atoms with Gasteiger partial charge in [-0.25, -0.2) is 0 Å². The highest BCUT2D eigenvalue weighted by atomic mass is 79.9. The summed E-state index contributed by atoms with van der Waals surface area (Å²) in [6, 6.07) is 6.88. The zero-order valence-corrected chi connectivity index (χ0v) is 13.7. The van der Waals surface area contributed by atoms with E-state index in [2.05, 4.69) is 42.2 Å². The minimum absolute atomic E-state index is 0.109. The van der Waals surface area contributed by atoms with E-state index in [1.807, 2.05) is 12.1 Å². The predicted molar refractivity (Wildman–Crippen MR) is 84.8 cm³/mol. The SMILES string of the molecule is Cc1c(NCc2ncc(Br)cc2Br)cccc1[N+](=O)[O-]. The molecule has 20 heavy (non-hydrogen) atoms. The first-order chi connectivity index (χ1) is 9.49. The van der Waals surface area contributed by atoms with Crippen LogP contribution in [0.25, 0.3) is 0 Å². The molecule has 5 nitrogen and oxygen atoms in total. The summed E-state index contributed by atoms with van der Waals surface area (Å²) < 4.78 is 1.77. The zero-order chi connectivity index (χ0) is 14.7. The predicted octanol–water partition coefficient (Wildman–Crippen LogP) is 4.44. The highest BCUT2D eigenvalue weighted by Crippen LogP contribution is 2.26. The lowest BCUT2D eigenvalue weighted by Gasteiger charge is -2.10. The van der Waals surface area contributed by atoms with E-state index in [9.17, 15) is 10.1 Å². The minimum Gasteiger partial charge on any atom is -0.379 e. The van der Waals surface area contributed by atoms with Crippen molar-refractivity contribution in [3.8, 4) is 0 Å². The number of aromatic nitrogens is 1. The van der Waals surface area contributed by atoms with E-state index >= 15 is 0 Å². The fourth-order valence-corrected chi connectivity index (χ4v) is 2.89. The van der Waals surface area contributed by atoms with Gasteiger partial charge in [0.2, 0.25) is 0 Å². The molecule has 1 heterocycles. The molecule has 1 aromatic heterocycles. The van der Waals surface area contributed by atoms with Crippen LogP contribution in [0.2, 0.25) is 0 Å². The summed E-state index contributed by atoms with van der Waals surface area (Å²) in [5.41, 5.74) is 2.29. The second-order valence-corrected chi connectivity index (χ2v) is 5.91. The molecule has 0 unspecified atom stereocenters. The summed E-state index contributed by atoms with van der Waals surface area (Å²) in [4.78, 5) is 14.8. The molecule has 0 saturated carbocycles. The topological polar surface area (TPSA) is 68.1 Å². The highest BCUT2D eigenvalue weighted by molar-refractivity contribution is 9.11. The molecule has 0 amide bonds. The maximum atomic E-state index is 10.9. The van der Waals surface area contributed by atoms with Crippen LogP contribution in [-0.2, 0) is 6.54 Å². The molecule has 1 aromatic carbocycles. The lowest BCUT2D eigenvalue weighted by molar-refractivity contribution is -0.385. The molecule has 0 fully saturated rings. The van der Waals surface area contributed by atoms with Crippen LogP contribution in [0.15, 0.2) is 39.4 Å². The maximum Gasteiger partial charge on any atom is 0.274 e. The summed E-state index contributed by atoms with van der Waals surface area (Å²) in [5, 5.41) is 14.1. The van der Waals surface area contributed by atoms with Gasteiger partial charge in [-0.3, -0.25) is 15.1 Å². The Morgan fingerprint density at radius 2 is 2.15 bits per heavy atom. The third-order valence-corrected chi connectivity index (χ3v) is 3.95. The van der Waals surface area contributed by atoms with E-state index in [1.165, 1.54) is 6.07 Å². The lowest BCUT2D eigenvalue weighted by Crippen LogP contribution is -2.05. The molecule has 0 spiro atoms. The Bertz CT molecular complexity index is 662. The van der Waals surface area contributed by atoms with Gasteiger partial charge in [0.05, 0.1) is 17.2 Å². The Kier molecular flexibility index (Phi) is 4.72. The Balaban J connectivity index is 2.19. The molecule has 0 bridgehead atoms. The normalized spacial score (nSPS) is 10.3. The van der Waals surface area contributed by atoms with Gasteiger partial charge < -0.3 is 5.32 Å². The van der Waals surface area contributed by atoms with E-state index in [0.29, 0.717) is 12.1 Å². The molecule has 0 saturated heterocycles. The van der Waals surface area contributed by atoms with Gasteiger partial charge in [0.15, 0.2) is 0 Å². The van der Waals surface area contributed by atoms with Crippen molar-refractivity contribution in [2.75, 3.05) is 5.32 Å². The van der Waals surface area contributed by atoms with Crippen molar-refractivity contribution in [1.29, 1.82) is 0 Å². The fourth-order valence-electron chi connectivity index (χ4n) is 1.76. The third kappa shape index (κ3) is 3.34. The largest absolute Gasteiger partial charge is 0.379 e. The van der Waals surface area contributed by atoms with Crippen LogP contribution in [0.4, 0.5) is 11.4 Å². The van der Waals surface area contributed by atoms with Crippen LogP contribution >= 0.6 is 31.9 Å². The summed E-state index contributed by atoms with van der Waals surface area (Å²) in [6.07, 6.45) is 1.71. The summed E-state index contributed by atoms with van der Waals surface area (Å²) in [5.74, 6) is 0. The first-order valence-electron chi connectivity index (χ1n) is 5.77. The highest BCUT2D eigenvalue weighted by Gasteiger charge is 2.13. The van der Waals surface area contributed by atoms with Crippen molar-refractivity contribution in [3.63, 3.8) is 0 Å². The average Bonchev–Trinajstić information content (AvgIpc) is 2.39. The molecule has 2 rings (SSSR count). The molecule has 0 aliphatic heterocycles. The van der Waals surface area contributed by atoms with Crippen molar-refractivity contribution in [2.45, 2.75) is 13.5 Å². The number of nitro groups is 1. The van der Waals surface area contributed by atoms with Crippen molar-refractivity contribution in [2.24, 2.45) is 0 Å². The Labute approximate surface area is 132 Å². The second kappa shape index (κ2) is 6.32. The fraction of sp³-hybridized carbons (Fsp3) is 0.154. The molecule has 7 heteroatoms. The van der Waals surface area contributed by atoms with Gasteiger partial charge in [0.25, 0.3) is 5.69 Å². The van der Waals surface area contributed by atoms with Crippen LogP contribution in [-0.4, -0.2) is 9.91 Å². The van der Waals surface area contributed by atoms with Crippen LogP contribution < -0.4 is 5.32 Å². The number of nitrogens with zero attached hydrogens (tertiary/aromatic N) is 2. The second-order valence-electron chi connectivity index (χ2n) is 4.14. The quantitative estimate of drug-likeness (QED) is 0.608. The van der Waals surface area contributed by atoms with Gasteiger partial charge in [0, 0.05) is 32.5 Å². The van der Waals surface area contributed by atoms with Crippen molar-refractivity contribution < 1.29 is 4.92 Å². The first kappa shape index (κ1) is 14.9. The number of halogens is 2. The molecule has 104 valence electrons. The number of rotatable bonds is 4. The summed E-state index contributed by atoms with van der Waals surface area (Å²) >= 11 is 6.78. The smallest absolute Gasteiger partial charge is 0.274 e.